The Labute approximate surface area is 101 Å². The zero-order chi connectivity index (χ0) is 11.4. The molecule has 0 aliphatic carbocycles. The number of nitrogens with zero attached hydrogens (tertiary/aromatic N) is 2. The zero-order valence-corrected chi connectivity index (χ0v) is 11.1. The zero-order valence-electron chi connectivity index (χ0n) is 11.1. The van der Waals surface area contributed by atoms with E-state index in [1.54, 1.807) is 0 Å². The van der Waals surface area contributed by atoms with Gasteiger partial charge in [0.1, 0.15) is 0 Å². The Bertz CT molecular complexity index is 205. The minimum atomic E-state index is 1.00. The van der Waals surface area contributed by atoms with Gasteiger partial charge in [-0.05, 0) is 64.2 Å². The molecule has 0 aromatic carbocycles. The summed E-state index contributed by atoms with van der Waals surface area (Å²) in [5, 5.41) is 0. The minimum Gasteiger partial charge on any atom is -0.306 e. The largest absolute Gasteiger partial charge is 0.306 e. The van der Waals surface area contributed by atoms with Crippen molar-refractivity contribution < 1.29 is 0 Å². The Morgan fingerprint density at radius 3 is 2.50 bits per heavy atom. The highest BCUT2D eigenvalue weighted by Crippen LogP contribution is 2.28. The lowest BCUT2D eigenvalue weighted by Crippen LogP contribution is -2.22. The molecule has 2 nitrogen and oxygen atoms in total. The van der Waals surface area contributed by atoms with E-state index in [0.717, 1.165) is 11.8 Å². The van der Waals surface area contributed by atoms with Gasteiger partial charge in [0.25, 0.3) is 0 Å². The Morgan fingerprint density at radius 1 is 1.06 bits per heavy atom. The maximum absolute atomic E-state index is 2.69. The van der Waals surface area contributed by atoms with Gasteiger partial charge >= 0.3 is 0 Å². The molecular formula is C14H28N2. The average molecular weight is 224 g/mol. The summed E-state index contributed by atoms with van der Waals surface area (Å²) in [6.07, 6.45) is 7.13. The smallest absolute Gasteiger partial charge is 0.00102 e. The van der Waals surface area contributed by atoms with E-state index in [1.807, 2.05) is 0 Å². The van der Waals surface area contributed by atoms with Gasteiger partial charge in [-0.2, -0.15) is 0 Å². The van der Waals surface area contributed by atoms with Crippen LogP contribution in [0, 0.1) is 11.8 Å². The fraction of sp³-hybridized carbons (Fsp3) is 1.00. The van der Waals surface area contributed by atoms with Crippen molar-refractivity contribution in [2.75, 3.05) is 39.8 Å². The summed E-state index contributed by atoms with van der Waals surface area (Å²) in [7, 11) is 2.27. The van der Waals surface area contributed by atoms with Crippen molar-refractivity contribution in [1.29, 1.82) is 0 Å². The Kier molecular flexibility index (Phi) is 4.66. The normalized spacial score (nSPS) is 32.6. The molecule has 2 heterocycles. The summed E-state index contributed by atoms with van der Waals surface area (Å²) in [6.45, 7) is 9.08. The van der Waals surface area contributed by atoms with Crippen LogP contribution in [0.5, 0.6) is 0 Å². The molecule has 0 amide bonds. The van der Waals surface area contributed by atoms with Gasteiger partial charge in [-0.1, -0.05) is 13.3 Å². The lowest BCUT2D eigenvalue weighted by Gasteiger charge is -2.17. The van der Waals surface area contributed by atoms with Gasteiger partial charge < -0.3 is 9.80 Å². The van der Waals surface area contributed by atoms with Gasteiger partial charge in [0.05, 0.1) is 0 Å². The number of unbranched alkanes of at least 4 members (excludes halogenated alkanes) is 1. The van der Waals surface area contributed by atoms with Crippen LogP contribution in [0.4, 0.5) is 0 Å². The number of likely N-dealkylation sites (tertiary alicyclic amines) is 2. The molecule has 0 saturated carbocycles. The first kappa shape index (κ1) is 12.4. The highest BCUT2D eigenvalue weighted by atomic mass is 15.1. The van der Waals surface area contributed by atoms with Crippen molar-refractivity contribution >= 4 is 0 Å². The van der Waals surface area contributed by atoms with Crippen LogP contribution in [-0.4, -0.2) is 49.6 Å². The van der Waals surface area contributed by atoms with Gasteiger partial charge in [0.2, 0.25) is 0 Å². The SMILES string of the molecule is CCCCN1CCC(CC2CCN(C)C2)C1. The molecule has 0 aromatic heterocycles. The molecule has 2 saturated heterocycles. The van der Waals surface area contributed by atoms with Crippen LogP contribution in [0.1, 0.15) is 39.0 Å². The van der Waals surface area contributed by atoms with Crippen LogP contribution < -0.4 is 0 Å². The molecule has 0 radical (unpaired) electrons. The van der Waals surface area contributed by atoms with Crippen LogP contribution in [-0.2, 0) is 0 Å². The third-order valence-corrected chi connectivity index (χ3v) is 4.35. The molecule has 0 N–H and O–H groups in total. The van der Waals surface area contributed by atoms with Gasteiger partial charge in [0, 0.05) is 13.1 Å². The number of hydrogen-bond acceptors (Lipinski definition) is 2. The van der Waals surface area contributed by atoms with E-state index in [4.69, 9.17) is 0 Å². The van der Waals surface area contributed by atoms with Crippen LogP contribution in [0.3, 0.4) is 0 Å². The molecule has 2 fully saturated rings. The predicted molar refractivity (Wildman–Crippen MR) is 69.7 cm³/mol. The second-order valence-electron chi connectivity index (χ2n) is 5.96. The summed E-state index contributed by atoms with van der Waals surface area (Å²) in [5.41, 5.74) is 0. The fourth-order valence-corrected chi connectivity index (χ4v) is 3.38. The van der Waals surface area contributed by atoms with Gasteiger partial charge in [-0.3, -0.25) is 0 Å². The lowest BCUT2D eigenvalue weighted by molar-refractivity contribution is 0.299. The summed E-state index contributed by atoms with van der Waals surface area (Å²) in [5.74, 6) is 2.01. The highest BCUT2D eigenvalue weighted by Gasteiger charge is 2.27. The average Bonchev–Trinajstić information content (AvgIpc) is 2.86. The van der Waals surface area contributed by atoms with Gasteiger partial charge in [-0.25, -0.2) is 0 Å². The van der Waals surface area contributed by atoms with Crippen LogP contribution in [0.15, 0.2) is 0 Å². The summed E-state index contributed by atoms with van der Waals surface area (Å²) in [4.78, 5) is 5.18. The van der Waals surface area contributed by atoms with Crippen molar-refractivity contribution in [2.45, 2.75) is 39.0 Å². The highest BCUT2D eigenvalue weighted by molar-refractivity contribution is 4.81. The maximum Gasteiger partial charge on any atom is 0.00102 e. The fourth-order valence-electron chi connectivity index (χ4n) is 3.38. The van der Waals surface area contributed by atoms with E-state index < -0.39 is 0 Å². The van der Waals surface area contributed by atoms with E-state index >= 15 is 0 Å². The van der Waals surface area contributed by atoms with E-state index in [9.17, 15) is 0 Å². The topological polar surface area (TPSA) is 6.48 Å². The first-order valence-electron chi connectivity index (χ1n) is 7.18. The molecule has 2 heteroatoms. The monoisotopic (exact) mass is 224 g/mol. The summed E-state index contributed by atoms with van der Waals surface area (Å²) < 4.78 is 0. The Morgan fingerprint density at radius 2 is 1.81 bits per heavy atom. The van der Waals surface area contributed by atoms with Gasteiger partial charge in [0.15, 0.2) is 0 Å². The van der Waals surface area contributed by atoms with E-state index in [-0.39, 0.29) is 0 Å². The second-order valence-corrected chi connectivity index (χ2v) is 5.96. The van der Waals surface area contributed by atoms with E-state index in [1.165, 1.54) is 64.8 Å². The van der Waals surface area contributed by atoms with Crippen molar-refractivity contribution in [3.05, 3.63) is 0 Å². The maximum atomic E-state index is 2.69. The molecule has 16 heavy (non-hydrogen) atoms. The van der Waals surface area contributed by atoms with Crippen molar-refractivity contribution in [2.24, 2.45) is 11.8 Å². The molecule has 2 rings (SSSR count). The number of hydrogen-bond donors (Lipinski definition) is 0. The molecule has 2 aliphatic rings. The Hall–Kier alpha value is -0.0800. The molecule has 0 aromatic rings. The van der Waals surface area contributed by atoms with E-state index in [0.29, 0.717) is 0 Å². The third-order valence-electron chi connectivity index (χ3n) is 4.35. The molecule has 2 atom stereocenters. The van der Waals surface area contributed by atoms with Gasteiger partial charge in [-0.15, -0.1) is 0 Å². The van der Waals surface area contributed by atoms with Crippen molar-refractivity contribution in [3.8, 4) is 0 Å². The molecule has 0 spiro atoms. The third kappa shape index (κ3) is 3.46. The van der Waals surface area contributed by atoms with Crippen LogP contribution in [0.25, 0.3) is 0 Å². The van der Waals surface area contributed by atoms with Crippen LogP contribution in [0.2, 0.25) is 0 Å². The second kappa shape index (κ2) is 6.02. The predicted octanol–water partition coefficient (Wildman–Crippen LogP) is 2.45. The van der Waals surface area contributed by atoms with Crippen LogP contribution >= 0.6 is 0 Å². The molecule has 2 unspecified atom stereocenters. The molecule has 0 bridgehead atoms. The molecular weight excluding hydrogens is 196 g/mol. The molecule has 2 aliphatic heterocycles. The first-order chi connectivity index (χ1) is 7.78. The van der Waals surface area contributed by atoms with Crippen molar-refractivity contribution in [3.63, 3.8) is 0 Å². The van der Waals surface area contributed by atoms with E-state index in [2.05, 4.69) is 23.8 Å². The summed E-state index contributed by atoms with van der Waals surface area (Å²) in [6, 6.07) is 0. The van der Waals surface area contributed by atoms with Crippen molar-refractivity contribution in [1.82, 2.24) is 9.80 Å². The minimum absolute atomic E-state index is 1.00. The Balaban J connectivity index is 1.64. The lowest BCUT2D eigenvalue weighted by atomic mass is 9.93. The standard InChI is InChI=1S/C14H28N2/c1-3-4-7-16-9-6-14(12-16)10-13-5-8-15(2)11-13/h13-14H,3-12H2,1-2H3. The first-order valence-corrected chi connectivity index (χ1v) is 7.18. The quantitative estimate of drug-likeness (QED) is 0.708. The number of rotatable bonds is 5. The summed E-state index contributed by atoms with van der Waals surface area (Å²) >= 11 is 0. The molecule has 94 valence electrons.